The first-order valence-electron chi connectivity index (χ1n) is 12.4. The number of Topliss-reactive ketones (excluding diaryl/α,β-unsaturated/α-hetero) is 2. The minimum atomic E-state index is -2.28. The first-order chi connectivity index (χ1) is 17.1. The van der Waals surface area contributed by atoms with Gasteiger partial charge in [0.25, 0.3) is 0 Å². The van der Waals surface area contributed by atoms with Crippen LogP contribution in [-0.2, 0) is 23.9 Å². The van der Waals surface area contributed by atoms with Gasteiger partial charge in [-0.3, -0.25) is 14.4 Å². The molecule has 1 aromatic rings. The van der Waals surface area contributed by atoms with Gasteiger partial charge in [-0.1, -0.05) is 45.0 Å². The van der Waals surface area contributed by atoms with E-state index in [0.717, 1.165) is 0 Å². The normalized spacial score (nSPS) is 38.5. The Morgan fingerprint density at radius 1 is 1.08 bits per heavy atom. The molecule has 0 spiro atoms. The van der Waals surface area contributed by atoms with Gasteiger partial charge >= 0.3 is 11.9 Å². The van der Waals surface area contributed by atoms with Crippen LogP contribution in [0.25, 0.3) is 0 Å². The maximum absolute atomic E-state index is 14.0. The van der Waals surface area contributed by atoms with E-state index in [4.69, 9.17) is 9.47 Å². The molecule has 2 saturated carbocycles. The first-order valence-corrected chi connectivity index (χ1v) is 12.4. The largest absolute Gasteiger partial charge is 0.505 e. The molecular formula is C29H34O8. The molecule has 0 aromatic heterocycles. The van der Waals surface area contributed by atoms with E-state index < -0.39 is 75.2 Å². The number of ether oxygens (including phenoxy) is 2. The summed E-state index contributed by atoms with van der Waals surface area (Å²) in [5.41, 5.74) is -5.60. The van der Waals surface area contributed by atoms with Gasteiger partial charge < -0.3 is 19.7 Å². The number of allylic oxidation sites excluding steroid dienone is 3. The molecule has 2 N–H and O–H groups in total. The van der Waals surface area contributed by atoms with E-state index in [1.165, 1.54) is 19.1 Å². The fraction of sp³-hybridized carbons (Fsp3) is 0.517. The molecule has 7 unspecified atom stereocenters. The molecular weight excluding hydrogens is 476 g/mol. The van der Waals surface area contributed by atoms with E-state index in [1.54, 1.807) is 58.0 Å². The molecule has 198 valence electrons. The standard InChI is InChI=1S/C29H34O8/c1-7-27(5)15-19(37-24(33)17-11-9-8-10-12-17)22-28(6)14-18(31)23(32)26(3,4)20(28)13-21(36-16(2)30)29(22,35)25(27)34/h7-12,14,19-22,31,35H,1,13,15H2,2-6H3. The Hall–Kier alpha value is -3.26. The van der Waals surface area contributed by atoms with Crippen molar-refractivity contribution in [1.82, 2.24) is 0 Å². The van der Waals surface area contributed by atoms with Crippen molar-refractivity contribution in [3.05, 3.63) is 60.4 Å². The van der Waals surface area contributed by atoms with Crippen molar-refractivity contribution in [2.75, 3.05) is 0 Å². The lowest BCUT2D eigenvalue weighted by Gasteiger charge is -2.64. The molecule has 0 bridgehead atoms. The van der Waals surface area contributed by atoms with Crippen LogP contribution in [0.3, 0.4) is 0 Å². The maximum atomic E-state index is 14.0. The Bertz CT molecular complexity index is 1200. The summed E-state index contributed by atoms with van der Waals surface area (Å²) in [4.78, 5) is 52.4. The maximum Gasteiger partial charge on any atom is 0.338 e. The van der Waals surface area contributed by atoms with E-state index in [-0.39, 0.29) is 18.4 Å². The Balaban J connectivity index is 1.95. The molecule has 8 heteroatoms. The predicted molar refractivity (Wildman–Crippen MR) is 133 cm³/mol. The lowest BCUT2D eigenvalue weighted by Crippen LogP contribution is -2.75. The summed E-state index contributed by atoms with van der Waals surface area (Å²) in [6.07, 6.45) is 0.436. The average Bonchev–Trinajstić information content (AvgIpc) is 2.83. The smallest absolute Gasteiger partial charge is 0.338 e. The fourth-order valence-corrected chi connectivity index (χ4v) is 7.11. The number of aliphatic hydroxyl groups excluding tert-OH is 1. The fourth-order valence-electron chi connectivity index (χ4n) is 7.11. The third-order valence-corrected chi connectivity index (χ3v) is 8.88. The molecule has 0 saturated heterocycles. The van der Waals surface area contributed by atoms with Crippen molar-refractivity contribution in [2.45, 2.75) is 65.3 Å². The van der Waals surface area contributed by atoms with Gasteiger partial charge in [-0.05, 0) is 37.5 Å². The van der Waals surface area contributed by atoms with Gasteiger partial charge in [0.2, 0.25) is 5.78 Å². The number of benzene rings is 1. The van der Waals surface area contributed by atoms with Crippen LogP contribution >= 0.6 is 0 Å². The van der Waals surface area contributed by atoms with Crippen LogP contribution in [0.15, 0.2) is 54.8 Å². The Kier molecular flexibility index (Phi) is 6.27. The first kappa shape index (κ1) is 26.8. The molecule has 1 aromatic carbocycles. The van der Waals surface area contributed by atoms with Crippen molar-refractivity contribution in [2.24, 2.45) is 28.1 Å². The van der Waals surface area contributed by atoms with E-state index in [9.17, 15) is 29.4 Å². The van der Waals surface area contributed by atoms with Crippen molar-refractivity contribution < 1.29 is 38.9 Å². The number of carbonyl (C=O) groups excluding carboxylic acids is 4. The molecule has 0 heterocycles. The Morgan fingerprint density at radius 2 is 1.70 bits per heavy atom. The summed E-state index contributed by atoms with van der Waals surface area (Å²) in [5, 5.41) is 23.1. The highest BCUT2D eigenvalue weighted by molar-refractivity contribution is 6.00. The van der Waals surface area contributed by atoms with Crippen molar-refractivity contribution >= 4 is 23.5 Å². The molecule has 0 radical (unpaired) electrons. The third-order valence-electron chi connectivity index (χ3n) is 8.88. The average molecular weight is 511 g/mol. The zero-order valence-electron chi connectivity index (χ0n) is 21.8. The molecule has 37 heavy (non-hydrogen) atoms. The highest BCUT2D eigenvalue weighted by Crippen LogP contribution is 2.65. The van der Waals surface area contributed by atoms with Crippen LogP contribution in [0.5, 0.6) is 0 Å². The van der Waals surface area contributed by atoms with Gasteiger partial charge in [0, 0.05) is 30.1 Å². The van der Waals surface area contributed by atoms with Crippen LogP contribution in [0.4, 0.5) is 0 Å². The number of rotatable bonds is 4. The van der Waals surface area contributed by atoms with E-state index >= 15 is 0 Å². The highest BCUT2D eigenvalue weighted by atomic mass is 16.6. The van der Waals surface area contributed by atoms with Gasteiger partial charge in [-0.25, -0.2) is 4.79 Å². The summed E-state index contributed by atoms with van der Waals surface area (Å²) in [6.45, 7) is 11.7. The number of hydrogen-bond donors (Lipinski definition) is 2. The second kappa shape index (κ2) is 8.65. The molecule has 8 nitrogen and oxygen atoms in total. The van der Waals surface area contributed by atoms with Crippen LogP contribution in [0.2, 0.25) is 0 Å². The number of fused-ring (bicyclic) bond motifs is 3. The number of esters is 2. The topological polar surface area (TPSA) is 127 Å². The second-order valence-corrected chi connectivity index (χ2v) is 11.6. The number of ketones is 2. The van der Waals surface area contributed by atoms with E-state index in [2.05, 4.69) is 6.58 Å². The Labute approximate surface area is 216 Å². The molecule has 0 amide bonds. The van der Waals surface area contributed by atoms with Gasteiger partial charge in [-0.2, -0.15) is 0 Å². The summed E-state index contributed by atoms with van der Waals surface area (Å²) in [6, 6.07) is 8.33. The van der Waals surface area contributed by atoms with Crippen molar-refractivity contribution in [1.29, 1.82) is 0 Å². The molecule has 3 aliphatic rings. The summed E-state index contributed by atoms with van der Waals surface area (Å²) >= 11 is 0. The summed E-state index contributed by atoms with van der Waals surface area (Å²) in [7, 11) is 0. The van der Waals surface area contributed by atoms with Crippen molar-refractivity contribution in [3.8, 4) is 0 Å². The SMILES string of the molecule is C=CC1(C)CC(OC(=O)c2ccccc2)C2C3(C)C=C(O)C(=O)C(C)(C)C3CC(OC(C)=O)C2(O)C1=O. The monoisotopic (exact) mass is 510 g/mol. The minimum Gasteiger partial charge on any atom is -0.505 e. The zero-order chi connectivity index (χ0) is 27.6. The molecule has 3 aliphatic carbocycles. The molecule has 7 atom stereocenters. The predicted octanol–water partition coefficient (Wildman–Crippen LogP) is 3.73. The lowest BCUT2D eigenvalue weighted by atomic mass is 9.41. The summed E-state index contributed by atoms with van der Waals surface area (Å²) < 4.78 is 11.6. The van der Waals surface area contributed by atoms with Crippen LogP contribution in [-0.4, -0.2) is 51.5 Å². The number of aliphatic hydroxyl groups is 2. The van der Waals surface area contributed by atoms with Crippen LogP contribution in [0, 0.1) is 28.1 Å². The second-order valence-electron chi connectivity index (χ2n) is 11.6. The number of carbonyl (C=O) groups is 4. The van der Waals surface area contributed by atoms with Gasteiger partial charge in [-0.15, -0.1) is 6.58 Å². The van der Waals surface area contributed by atoms with Crippen molar-refractivity contribution in [3.63, 3.8) is 0 Å². The van der Waals surface area contributed by atoms with Gasteiger partial charge in [0.05, 0.1) is 11.0 Å². The third kappa shape index (κ3) is 3.84. The molecule has 2 fully saturated rings. The Morgan fingerprint density at radius 3 is 2.27 bits per heavy atom. The van der Waals surface area contributed by atoms with E-state index in [1.807, 2.05) is 0 Å². The molecule has 0 aliphatic heterocycles. The van der Waals surface area contributed by atoms with Gasteiger partial charge in [0.15, 0.2) is 17.1 Å². The quantitative estimate of drug-likeness (QED) is 0.463. The van der Waals surface area contributed by atoms with Gasteiger partial charge in [0.1, 0.15) is 12.2 Å². The zero-order valence-corrected chi connectivity index (χ0v) is 21.8. The highest BCUT2D eigenvalue weighted by Gasteiger charge is 2.74. The minimum absolute atomic E-state index is 0.0100. The number of hydrogen-bond acceptors (Lipinski definition) is 8. The van der Waals surface area contributed by atoms with Crippen LogP contribution < -0.4 is 0 Å². The van der Waals surface area contributed by atoms with Crippen LogP contribution in [0.1, 0.15) is 57.8 Å². The summed E-state index contributed by atoms with van der Waals surface area (Å²) in [5.74, 6) is -4.62. The lowest BCUT2D eigenvalue weighted by molar-refractivity contribution is -0.247. The molecule has 4 rings (SSSR count). The van der Waals surface area contributed by atoms with E-state index in [0.29, 0.717) is 0 Å².